The van der Waals surface area contributed by atoms with Crippen molar-refractivity contribution in [3.63, 3.8) is 0 Å². The van der Waals surface area contributed by atoms with Crippen LogP contribution in [-0.4, -0.2) is 30.3 Å². The molecule has 0 radical (unpaired) electrons. The SMILES string of the molecule is CCCNC(=O)C(C)NCC1Cc2ccccc2S1. The minimum Gasteiger partial charge on any atom is -0.355 e. The summed E-state index contributed by atoms with van der Waals surface area (Å²) in [6.45, 7) is 5.62. The molecule has 0 aliphatic carbocycles. The molecule has 19 heavy (non-hydrogen) atoms. The van der Waals surface area contributed by atoms with Crippen LogP contribution in [0.3, 0.4) is 0 Å². The van der Waals surface area contributed by atoms with Crippen LogP contribution in [-0.2, 0) is 11.2 Å². The van der Waals surface area contributed by atoms with Gasteiger partial charge in [0.1, 0.15) is 0 Å². The fraction of sp³-hybridized carbons (Fsp3) is 0.533. The molecule has 0 saturated carbocycles. The van der Waals surface area contributed by atoms with E-state index in [1.165, 1.54) is 10.5 Å². The molecule has 0 fully saturated rings. The lowest BCUT2D eigenvalue weighted by molar-refractivity contribution is -0.122. The number of hydrogen-bond acceptors (Lipinski definition) is 3. The van der Waals surface area contributed by atoms with Crippen molar-refractivity contribution in [2.75, 3.05) is 13.1 Å². The first kappa shape index (κ1) is 14.4. The van der Waals surface area contributed by atoms with Crippen LogP contribution >= 0.6 is 11.8 Å². The molecule has 1 aromatic carbocycles. The monoisotopic (exact) mass is 278 g/mol. The van der Waals surface area contributed by atoms with Gasteiger partial charge in [0, 0.05) is 23.2 Å². The van der Waals surface area contributed by atoms with E-state index in [0.29, 0.717) is 5.25 Å². The van der Waals surface area contributed by atoms with Crippen molar-refractivity contribution >= 4 is 17.7 Å². The van der Waals surface area contributed by atoms with Crippen LogP contribution in [0, 0.1) is 0 Å². The molecule has 0 bridgehead atoms. The van der Waals surface area contributed by atoms with Crippen LogP contribution in [0.1, 0.15) is 25.8 Å². The van der Waals surface area contributed by atoms with E-state index < -0.39 is 0 Å². The number of benzene rings is 1. The first-order valence-corrected chi connectivity index (χ1v) is 7.84. The van der Waals surface area contributed by atoms with Gasteiger partial charge >= 0.3 is 0 Å². The Bertz CT molecular complexity index is 411. The minimum absolute atomic E-state index is 0.0994. The third-order valence-electron chi connectivity index (χ3n) is 3.31. The van der Waals surface area contributed by atoms with Gasteiger partial charge in [-0.3, -0.25) is 4.79 Å². The summed E-state index contributed by atoms with van der Waals surface area (Å²) in [6, 6.07) is 8.44. The normalized spacial score (nSPS) is 18.9. The summed E-state index contributed by atoms with van der Waals surface area (Å²) in [6.07, 6.45) is 2.07. The molecule has 2 rings (SSSR count). The summed E-state index contributed by atoms with van der Waals surface area (Å²) >= 11 is 1.91. The average Bonchev–Trinajstić information content (AvgIpc) is 2.84. The van der Waals surface area contributed by atoms with Crippen LogP contribution in [0.15, 0.2) is 29.2 Å². The summed E-state index contributed by atoms with van der Waals surface area (Å²) in [7, 11) is 0. The summed E-state index contributed by atoms with van der Waals surface area (Å²) in [5, 5.41) is 6.79. The molecule has 1 aliphatic rings. The van der Waals surface area contributed by atoms with E-state index in [1.807, 2.05) is 18.7 Å². The van der Waals surface area contributed by atoms with E-state index in [-0.39, 0.29) is 11.9 Å². The van der Waals surface area contributed by atoms with Crippen molar-refractivity contribution < 1.29 is 4.79 Å². The van der Waals surface area contributed by atoms with Gasteiger partial charge in [-0.05, 0) is 31.4 Å². The van der Waals surface area contributed by atoms with Gasteiger partial charge in [0.15, 0.2) is 0 Å². The number of hydrogen-bond donors (Lipinski definition) is 2. The highest BCUT2D eigenvalue weighted by atomic mass is 32.2. The van der Waals surface area contributed by atoms with E-state index in [1.54, 1.807) is 0 Å². The Morgan fingerprint density at radius 1 is 1.47 bits per heavy atom. The number of fused-ring (bicyclic) bond motifs is 1. The van der Waals surface area contributed by atoms with Crippen LogP contribution in [0.4, 0.5) is 0 Å². The van der Waals surface area contributed by atoms with Gasteiger partial charge in [0.2, 0.25) is 5.91 Å². The molecule has 3 nitrogen and oxygen atoms in total. The van der Waals surface area contributed by atoms with Gasteiger partial charge in [-0.15, -0.1) is 11.8 Å². The first-order chi connectivity index (χ1) is 9.20. The molecule has 2 N–H and O–H groups in total. The zero-order chi connectivity index (χ0) is 13.7. The van der Waals surface area contributed by atoms with E-state index >= 15 is 0 Å². The second-order valence-electron chi connectivity index (χ2n) is 4.97. The molecule has 0 saturated heterocycles. The van der Waals surface area contributed by atoms with Crippen molar-refractivity contribution in [3.8, 4) is 0 Å². The molecule has 1 heterocycles. The summed E-state index contributed by atoms with van der Waals surface area (Å²) in [5.74, 6) is 0.0994. The van der Waals surface area contributed by atoms with Crippen molar-refractivity contribution in [2.45, 2.75) is 42.9 Å². The maximum absolute atomic E-state index is 11.7. The van der Waals surface area contributed by atoms with Crippen LogP contribution in [0.5, 0.6) is 0 Å². The first-order valence-electron chi connectivity index (χ1n) is 6.96. The lowest BCUT2D eigenvalue weighted by atomic mass is 10.1. The zero-order valence-electron chi connectivity index (χ0n) is 11.6. The molecule has 1 amide bonds. The average molecular weight is 278 g/mol. The minimum atomic E-state index is -0.115. The molecule has 0 aromatic heterocycles. The molecule has 1 aliphatic heterocycles. The van der Waals surface area contributed by atoms with Gasteiger partial charge in [-0.25, -0.2) is 0 Å². The second-order valence-corrected chi connectivity index (χ2v) is 6.31. The lowest BCUT2D eigenvalue weighted by Gasteiger charge is -2.16. The summed E-state index contributed by atoms with van der Waals surface area (Å²) in [5.41, 5.74) is 1.43. The zero-order valence-corrected chi connectivity index (χ0v) is 12.4. The Balaban J connectivity index is 1.74. The van der Waals surface area contributed by atoms with E-state index in [4.69, 9.17) is 0 Å². The molecule has 2 atom stereocenters. The van der Waals surface area contributed by atoms with Crippen LogP contribution < -0.4 is 10.6 Å². The van der Waals surface area contributed by atoms with Crippen molar-refractivity contribution in [3.05, 3.63) is 29.8 Å². The molecule has 1 aromatic rings. The van der Waals surface area contributed by atoms with Crippen molar-refractivity contribution in [2.24, 2.45) is 0 Å². The fourth-order valence-electron chi connectivity index (χ4n) is 2.17. The highest BCUT2D eigenvalue weighted by molar-refractivity contribution is 8.00. The molecule has 0 spiro atoms. The fourth-order valence-corrected chi connectivity index (χ4v) is 3.43. The Morgan fingerprint density at radius 2 is 2.26 bits per heavy atom. The lowest BCUT2D eigenvalue weighted by Crippen LogP contribution is -2.44. The van der Waals surface area contributed by atoms with Gasteiger partial charge in [-0.2, -0.15) is 0 Å². The highest BCUT2D eigenvalue weighted by Gasteiger charge is 2.22. The second kappa shape index (κ2) is 6.96. The Labute approximate surface area is 119 Å². The predicted molar refractivity (Wildman–Crippen MR) is 80.6 cm³/mol. The Hall–Kier alpha value is -1.00. The standard InChI is InChI=1S/C15H22N2OS/c1-3-8-16-15(18)11(2)17-10-13-9-12-6-4-5-7-14(12)19-13/h4-7,11,13,17H,3,8-10H2,1-2H3,(H,16,18). The number of rotatable bonds is 6. The number of thioether (sulfide) groups is 1. The van der Waals surface area contributed by atoms with Crippen molar-refractivity contribution in [1.29, 1.82) is 0 Å². The Morgan fingerprint density at radius 3 is 3.00 bits per heavy atom. The predicted octanol–water partition coefficient (Wildman–Crippen LogP) is 2.21. The van der Waals surface area contributed by atoms with Crippen LogP contribution in [0.2, 0.25) is 0 Å². The smallest absolute Gasteiger partial charge is 0.236 e. The molecule has 4 heteroatoms. The summed E-state index contributed by atoms with van der Waals surface area (Å²) in [4.78, 5) is 13.1. The third-order valence-corrected chi connectivity index (χ3v) is 4.63. The van der Waals surface area contributed by atoms with Gasteiger partial charge in [0.25, 0.3) is 0 Å². The number of amides is 1. The largest absolute Gasteiger partial charge is 0.355 e. The maximum atomic E-state index is 11.7. The molecule has 2 unspecified atom stereocenters. The summed E-state index contributed by atoms with van der Waals surface area (Å²) < 4.78 is 0. The molecular formula is C15H22N2OS. The van der Waals surface area contributed by atoms with Crippen LogP contribution in [0.25, 0.3) is 0 Å². The van der Waals surface area contributed by atoms with E-state index in [0.717, 1.165) is 25.9 Å². The highest BCUT2D eigenvalue weighted by Crippen LogP contribution is 2.36. The quantitative estimate of drug-likeness (QED) is 0.838. The van der Waals surface area contributed by atoms with Gasteiger partial charge < -0.3 is 10.6 Å². The number of carbonyl (C=O) groups excluding carboxylic acids is 1. The molecular weight excluding hydrogens is 256 g/mol. The third kappa shape index (κ3) is 3.98. The van der Waals surface area contributed by atoms with E-state index in [9.17, 15) is 4.79 Å². The van der Waals surface area contributed by atoms with Gasteiger partial charge in [-0.1, -0.05) is 25.1 Å². The molecule has 104 valence electrons. The van der Waals surface area contributed by atoms with Crippen molar-refractivity contribution in [1.82, 2.24) is 10.6 Å². The van der Waals surface area contributed by atoms with E-state index in [2.05, 4.69) is 41.8 Å². The number of nitrogens with one attached hydrogen (secondary N) is 2. The number of carbonyl (C=O) groups is 1. The van der Waals surface area contributed by atoms with Gasteiger partial charge in [0.05, 0.1) is 6.04 Å². The Kier molecular flexibility index (Phi) is 5.28. The topological polar surface area (TPSA) is 41.1 Å². The maximum Gasteiger partial charge on any atom is 0.236 e.